The molecule has 0 bridgehead atoms. The zero-order valence-electron chi connectivity index (χ0n) is 22.8. The Hall–Kier alpha value is -0.530. The largest absolute Gasteiger partial charge is 0.469 e. The molecule has 0 spiro atoms. The Morgan fingerprint density at radius 3 is 1.07 bits per heavy atom. The molecule has 0 atom stereocenters. The molecule has 0 aliphatic heterocycles. The van der Waals surface area contributed by atoms with Crippen LogP contribution in [0.25, 0.3) is 0 Å². The summed E-state index contributed by atoms with van der Waals surface area (Å²) >= 11 is 0. The number of carbonyl (C=O) groups excluding carboxylic acids is 1. The summed E-state index contributed by atoms with van der Waals surface area (Å²) in [6.45, 7) is -1.73. The average molecular weight is 414 g/mol. The summed E-state index contributed by atoms with van der Waals surface area (Å²) in [4.78, 5) is 11.0. The second-order valence-corrected chi connectivity index (χ2v) is 8.85. The average Bonchev–Trinajstić information content (AvgIpc) is 2.75. The van der Waals surface area contributed by atoms with Crippen LogP contribution < -0.4 is 0 Å². The monoisotopic (exact) mass is 413 g/mol. The lowest BCUT2D eigenvalue weighted by Crippen LogP contribution is -1.99. The van der Waals surface area contributed by atoms with Crippen LogP contribution in [0.1, 0.15) is 165 Å². The van der Waals surface area contributed by atoms with E-state index in [9.17, 15) is 4.79 Å². The van der Waals surface area contributed by atoms with Gasteiger partial charge in [0.2, 0.25) is 0 Å². The smallest absolute Gasteiger partial charge is 0.305 e. The minimum absolute atomic E-state index is 0.0742. The van der Waals surface area contributed by atoms with E-state index in [1.807, 2.05) is 0 Å². The number of esters is 1. The predicted molar refractivity (Wildman–Crippen MR) is 128 cm³/mol. The minimum atomic E-state index is -1.73. The third-order valence-electron chi connectivity index (χ3n) is 6.04. The van der Waals surface area contributed by atoms with Crippen LogP contribution in [0.15, 0.2) is 0 Å². The molecule has 0 aliphatic rings. The molecule has 0 saturated heterocycles. The summed E-state index contributed by atoms with van der Waals surface area (Å²) in [5.41, 5.74) is 0. The summed E-state index contributed by atoms with van der Waals surface area (Å²) in [5, 5.41) is 0. The Morgan fingerprint density at radius 2 is 0.793 bits per heavy atom. The molecule has 2 heteroatoms. The molecule has 0 rings (SSSR count). The van der Waals surface area contributed by atoms with Crippen molar-refractivity contribution in [2.24, 2.45) is 0 Å². The molecule has 2 nitrogen and oxygen atoms in total. The molecular formula is C27H54O2. The summed E-state index contributed by atoms with van der Waals surface area (Å²) in [5.74, 6) is -0.0742. The number of methoxy groups -OCH3 is 1. The maximum absolute atomic E-state index is 11.0. The quantitative estimate of drug-likeness (QED) is 0.116. The van der Waals surface area contributed by atoms with Gasteiger partial charge in [0.1, 0.15) is 0 Å². The molecule has 0 aliphatic carbocycles. The van der Waals surface area contributed by atoms with E-state index in [0.717, 1.165) is 25.7 Å². The van der Waals surface area contributed by atoms with Gasteiger partial charge in [-0.15, -0.1) is 0 Å². The van der Waals surface area contributed by atoms with Crippen molar-refractivity contribution in [3.8, 4) is 0 Å². The number of ether oxygens (including phenoxy) is 1. The highest BCUT2D eigenvalue weighted by Gasteiger charge is 1.99. The van der Waals surface area contributed by atoms with Gasteiger partial charge in [-0.2, -0.15) is 0 Å². The zero-order chi connectivity index (χ0) is 23.8. The normalized spacial score (nSPS) is 13.1. The van der Waals surface area contributed by atoms with E-state index < -0.39 is 6.85 Å². The highest BCUT2D eigenvalue weighted by atomic mass is 16.5. The number of carbonyl (C=O) groups is 1. The van der Waals surface area contributed by atoms with Crippen LogP contribution in [-0.4, -0.2) is 13.1 Å². The van der Waals surface area contributed by atoms with Crippen molar-refractivity contribution >= 4 is 5.97 Å². The van der Waals surface area contributed by atoms with Crippen molar-refractivity contribution in [1.82, 2.24) is 0 Å². The molecule has 0 aromatic carbocycles. The molecule has 0 aromatic heterocycles. The molecular weight excluding hydrogens is 356 g/mol. The lowest BCUT2D eigenvalue weighted by molar-refractivity contribution is -0.140. The van der Waals surface area contributed by atoms with E-state index in [4.69, 9.17) is 4.11 Å². The van der Waals surface area contributed by atoms with Crippen molar-refractivity contribution in [3.63, 3.8) is 0 Å². The topological polar surface area (TPSA) is 26.3 Å². The maximum atomic E-state index is 11.0. The van der Waals surface area contributed by atoms with Gasteiger partial charge in [0, 0.05) is 10.5 Å². The van der Waals surface area contributed by atoms with E-state index in [1.165, 1.54) is 123 Å². The standard InChI is InChI=1S/C27H54O2/c1-3-4-5-6-7-8-9-10-11-12-13-14-15-16-17-18-19-20-21-22-23-24-25-26-27(28)29-2/h3-26H2,1-2H3/i1D3. The first-order valence-corrected chi connectivity index (χ1v) is 13.0. The zero-order valence-corrected chi connectivity index (χ0v) is 19.8. The first-order chi connectivity index (χ1) is 15.5. The molecule has 0 aromatic rings. The van der Waals surface area contributed by atoms with Gasteiger partial charge in [0.05, 0.1) is 7.11 Å². The Balaban J connectivity index is 3.06. The van der Waals surface area contributed by atoms with Crippen LogP contribution in [0.4, 0.5) is 0 Å². The summed E-state index contributed by atoms with van der Waals surface area (Å²) in [6, 6.07) is 0. The second kappa shape index (κ2) is 25.5. The molecule has 174 valence electrons. The van der Waals surface area contributed by atoms with Crippen molar-refractivity contribution in [1.29, 1.82) is 0 Å². The van der Waals surface area contributed by atoms with Gasteiger partial charge in [0.15, 0.2) is 0 Å². The van der Waals surface area contributed by atoms with Gasteiger partial charge in [0.25, 0.3) is 0 Å². The number of hydrogen-bond donors (Lipinski definition) is 0. The summed E-state index contributed by atoms with van der Waals surface area (Å²) in [6.07, 6.45) is 29.5. The number of rotatable bonds is 24. The van der Waals surface area contributed by atoms with Gasteiger partial charge in [-0.25, -0.2) is 0 Å². The van der Waals surface area contributed by atoms with Gasteiger partial charge in [-0.3, -0.25) is 4.79 Å². The van der Waals surface area contributed by atoms with Gasteiger partial charge < -0.3 is 4.74 Å². The molecule has 0 unspecified atom stereocenters. The highest BCUT2D eigenvalue weighted by Crippen LogP contribution is 2.15. The second-order valence-electron chi connectivity index (χ2n) is 8.85. The van der Waals surface area contributed by atoms with E-state index in [1.54, 1.807) is 0 Å². The van der Waals surface area contributed by atoms with Crippen molar-refractivity contribution < 1.29 is 13.6 Å². The Labute approximate surface area is 188 Å². The molecule has 0 heterocycles. The van der Waals surface area contributed by atoms with E-state index in [2.05, 4.69) is 4.74 Å². The van der Waals surface area contributed by atoms with Crippen LogP contribution in [0.5, 0.6) is 0 Å². The van der Waals surface area contributed by atoms with Crippen molar-refractivity contribution in [3.05, 3.63) is 0 Å². The molecule has 0 radical (unpaired) electrons. The third kappa shape index (κ3) is 25.4. The number of unbranched alkanes of at least 4 members (excludes halogenated alkanes) is 21. The summed E-state index contributed by atoms with van der Waals surface area (Å²) in [7, 11) is 1.46. The fourth-order valence-corrected chi connectivity index (χ4v) is 4.03. The van der Waals surface area contributed by atoms with Crippen LogP contribution in [-0.2, 0) is 9.53 Å². The van der Waals surface area contributed by atoms with Crippen LogP contribution in [0.2, 0.25) is 0 Å². The van der Waals surface area contributed by atoms with Crippen LogP contribution >= 0.6 is 0 Å². The Kier molecular flexibility index (Phi) is 20.4. The van der Waals surface area contributed by atoms with E-state index in [-0.39, 0.29) is 5.97 Å². The van der Waals surface area contributed by atoms with Crippen LogP contribution in [0.3, 0.4) is 0 Å². The molecule has 0 N–H and O–H groups in total. The lowest BCUT2D eigenvalue weighted by atomic mass is 10.0. The molecule has 0 amide bonds. The third-order valence-corrected chi connectivity index (χ3v) is 6.04. The Bertz CT molecular complexity index is 397. The van der Waals surface area contributed by atoms with E-state index >= 15 is 0 Å². The molecule has 0 saturated carbocycles. The van der Waals surface area contributed by atoms with Crippen molar-refractivity contribution in [2.45, 2.75) is 161 Å². The fraction of sp³-hybridized carbons (Fsp3) is 0.963. The lowest BCUT2D eigenvalue weighted by Gasteiger charge is -2.04. The first-order valence-electron chi connectivity index (χ1n) is 14.5. The first kappa shape index (κ1) is 23.1. The van der Waals surface area contributed by atoms with E-state index in [0.29, 0.717) is 12.8 Å². The van der Waals surface area contributed by atoms with Gasteiger partial charge in [-0.1, -0.05) is 148 Å². The maximum Gasteiger partial charge on any atom is 0.305 e. The molecule has 0 fully saturated rings. The Morgan fingerprint density at radius 1 is 0.517 bits per heavy atom. The van der Waals surface area contributed by atoms with Crippen molar-refractivity contribution in [2.75, 3.05) is 7.11 Å². The van der Waals surface area contributed by atoms with Gasteiger partial charge in [-0.05, 0) is 6.42 Å². The number of hydrogen-bond acceptors (Lipinski definition) is 2. The minimum Gasteiger partial charge on any atom is -0.469 e. The highest BCUT2D eigenvalue weighted by molar-refractivity contribution is 5.68. The van der Waals surface area contributed by atoms with Crippen LogP contribution in [0, 0.1) is 0 Å². The summed E-state index contributed by atoms with van der Waals surface area (Å²) < 4.78 is 26.2. The van der Waals surface area contributed by atoms with Gasteiger partial charge >= 0.3 is 5.97 Å². The predicted octanol–water partition coefficient (Wildman–Crippen LogP) is 9.54. The fourth-order valence-electron chi connectivity index (χ4n) is 4.03. The SMILES string of the molecule is [2H]C([2H])([2H])CCCCCCCCCCCCCCCCCCCCCCCCC(=O)OC. The molecule has 29 heavy (non-hydrogen) atoms.